The van der Waals surface area contributed by atoms with E-state index in [9.17, 15) is 4.79 Å². The van der Waals surface area contributed by atoms with E-state index < -0.39 is 5.91 Å². The fourth-order valence-electron chi connectivity index (χ4n) is 1.67. The third kappa shape index (κ3) is 2.13. The van der Waals surface area contributed by atoms with E-state index in [1.807, 2.05) is 0 Å². The predicted molar refractivity (Wildman–Crippen MR) is 68.7 cm³/mol. The van der Waals surface area contributed by atoms with Crippen LogP contribution in [0.5, 0.6) is 0 Å². The van der Waals surface area contributed by atoms with Gasteiger partial charge in [-0.2, -0.15) is 0 Å². The maximum absolute atomic E-state index is 11.2. The number of nitrogens with zero attached hydrogens (tertiary/aromatic N) is 1. The molecule has 0 aliphatic rings. The summed E-state index contributed by atoms with van der Waals surface area (Å²) < 4.78 is 0.764. The van der Waals surface area contributed by atoms with Gasteiger partial charge in [0.05, 0.1) is 20.1 Å². The molecule has 4 nitrogen and oxygen atoms in total. The molecule has 0 bridgehead atoms. The second-order valence-electron chi connectivity index (χ2n) is 3.67. The summed E-state index contributed by atoms with van der Waals surface area (Å²) in [5, 5.41) is 9.43. The minimum atomic E-state index is -0.467. The van der Waals surface area contributed by atoms with Crippen molar-refractivity contribution in [3.8, 4) is 0 Å². The molecule has 0 saturated heterocycles. The van der Waals surface area contributed by atoms with Crippen molar-refractivity contribution in [2.24, 2.45) is 5.73 Å². The van der Waals surface area contributed by atoms with E-state index in [-0.39, 0.29) is 6.61 Å². The number of hydrogen-bond acceptors (Lipinski definition) is 4. The number of aliphatic hydroxyl groups excluding tert-OH is 1. The Balaban J connectivity index is 2.70. The summed E-state index contributed by atoms with van der Waals surface area (Å²) in [6.45, 7) is 1.81. The van der Waals surface area contributed by atoms with Crippen LogP contribution < -0.4 is 5.73 Å². The third-order valence-corrected chi connectivity index (χ3v) is 4.21. The van der Waals surface area contributed by atoms with Gasteiger partial charge < -0.3 is 10.8 Å². The molecule has 0 saturated carbocycles. The lowest BCUT2D eigenvalue weighted by Gasteiger charge is -2.00. The van der Waals surface area contributed by atoms with Crippen molar-refractivity contribution in [1.29, 1.82) is 0 Å². The monoisotopic (exact) mass is 270 g/mol. The van der Waals surface area contributed by atoms with Gasteiger partial charge in [-0.1, -0.05) is 11.6 Å². The summed E-state index contributed by atoms with van der Waals surface area (Å²) in [6.07, 6.45) is 0.441. The molecular weight excluding hydrogens is 260 g/mol. The summed E-state index contributed by atoms with van der Waals surface area (Å²) in [4.78, 5) is 16.1. The van der Waals surface area contributed by atoms with Crippen molar-refractivity contribution in [1.82, 2.24) is 4.98 Å². The molecule has 0 aliphatic heterocycles. The molecule has 3 N–H and O–H groups in total. The van der Waals surface area contributed by atoms with Crippen LogP contribution in [0, 0.1) is 6.92 Å². The maximum Gasteiger partial charge on any atom is 0.259 e. The number of halogens is 1. The van der Waals surface area contributed by atoms with Gasteiger partial charge in [-0.3, -0.25) is 9.78 Å². The number of aliphatic hydroxyl groups is 1. The maximum atomic E-state index is 11.2. The number of aromatic nitrogens is 1. The lowest BCUT2D eigenvalue weighted by molar-refractivity contribution is 0.100. The van der Waals surface area contributed by atoms with Crippen molar-refractivity contribution in [3.63, 3.8) is 0 Å². The van der Waals surface area contributed by atoms with Crippen molar-refractivity contribution < 1.29 is 9.90 Å². The van der Waals surface area contributed by atoms with Crippen molar-refractivity contribution in [2.75, 3.05) is 6.61 Å². The number of amides is 1. The summed E-state index contributed by atoms with van der Waals surface area (Å²) in [7, 11) is 0. The Kier molecular flexibility index (Phi) is 3.33. The van der Waals surface area contributed by atoms with Gasteiger partial charge in [0.15, 0.2) is 0 Å². The summed E-state index contributed by atoms with van der Waals surface area (Å²) >= 11 is 7.38. The van der Waals surface area contributed by atoms with Crippen molar-refractivity contribution in [3.05, 3.63) is 27.2 Å². The zero-order chi connectivity index (χ0) is 12.6. The van der Waals surface area contributed by atoms with E-state index in [0.717, 1.165) is 10.3 Å². The van der Waals surface area contributed by atoms with Gasteiger partial charge in [-0.15, -0.1) is 11.3 Å². The quantitative estimate of drug-likeness (QED) is 0.894. The molecule has 0 radical (unpaired) electrons. The number of nitrogens with two attached hydrogens (primary N) is 1. The lowest BCUT2D eigenvalue weighted by atomic mass is 10.2. The van der Waals surface area contributed by atoms with Gasteiger partial charge in [-0.25, -0.2) is 0 Å². The largest absolute Gasteiger partial charge is 0.396 e. The summed E-state index contributed by atoms with van der Waals surface area (Å²) in [5.74, 6) is -0.467. The topological polar surface area (TPSA) is 76.2 Å². The van der Waals surface area contributed by atoms with Gasteiger partial charge in [0, 0.05) is 18.7 Å². The zero-order valence-corrected chi connectivity index (χ0v) is 10.7. The smallest absolute Gasteiger partial charge is 0.259 e. The Hall–Kier alpha value is -1.17. The van der Waals surface area contributed by atoms with Crippen molar-refractivity contribution >= 4 is 39.1 Å². The second-order valence-corrected chi connectivity index (χ2v) is 5.10. The number of primary amides is 1. The van der Waals surface area contributed by atoms with E-state index in [1.54, 1.807) is 13.0 Å². The number of pyridine rings is 1. The molecule has 0 atom stereocenters. The molecule has 0 spiro atoms. The average molecular weight is 271 g/mol. The number of carbonyl (C=O) groups is 1. The average Bonchev–Trinajstić information content (AvgIpc) is 2.58. The van der Waals surface area contributed by atoms with E-state index in [1.165, 1.54) is 11.3 Å². The normalized spacial score (nSPS) is 11.0. The molecule has 0 aromatic carbocycles. The SMILES string of the molecule is Cc1c(C(N)=O)sc2c(Cl)cc(CCO)nc12. The van der Waals surface area contributed by atoms with E-state index in [2.05, 4.69) is 4.98 Å². The van der Waals surface area contributed by atoms with Crippen LogP contribution in [0.2, 0.25) is 5.02 Å². The summed E-state index contributed by atoms with van der Waals surface area (Å²) in [5.41, 5.74) is 7.44. The van der Waals surface area contributed by atoms with Crippen LogP contribution in [0.25, 0.3) is 10.2 Å². The zero-order valence-electron chi connectivity index (χ0n) is 9.16. The van der Waals surface area contributed by atoms with E-state index in [4.69, 9.17) is 22.4 Å². The first-order valence-corrected chi connectivity index (χ1v) is 6.23. The van der Waals surface area contributed by atoms with Crippen molar-refractivity contribution in [2.45, 2.75) is 13.3 Å². The number of carbonyl (C=O) groups excluding carboxylic acids is 1. The highest BCUT2D eigenvalue weighted by atomic mass is 35.5. The lowest BCUT2D eigenvalue weighted by Crippen LogP contribution is -2.09. The first-order chi connectivity index (χ1) is 8.04. The highest BCUT2D eigenvalue weighted by molar-refractivity contribution is 7.21. The Morgan fingerprint density at radius 1 is 1.65 bits per heavy atom. The van der Waals surface area contributed by atoms with Gasteiger partial charge in [-0.05, 0) is 18.6 Å². The molecule has 0 aliphatic carbocycles. The molecule has 6 heteroatoms. The molecule has 2 aromatic heterocycles. The molecule has 90 valence electrons. The molecule has 2 rings (SSSR count). The number of fused-ring (bicyclic) bond motifs is 1. The third-order valence-electron chi connectivity index (χ3n) is 2.47. The number of rotatable bonds is 3. The van der Waals surface area contributed by atoms with Crippen LogP contribution in [-0.4, -0.2) is 22.6 Å². The predicted octanol–water partition coefficient (Wildman–Crippen LogP) is 1.89. The van der Waals surface area contributed by atoms with Crippen LogP contribution >= 0.6 is 22.9 Å². The molecule has 2 heterocycles. The Labute approximate surface area is 107 Å². The minimum absolute atomic E-state index is 0.0146. The standard InChI is InChI=1S/C11H11ClN2O2S/c1-5-8-10(17-9(5)11(13)16)7(12)4-6(14-8)2-3-15/h4,15H,2-3H2,1H3,(H2,13,16). The highest BCUT2D eigenvalue weighted by Crippen LogP contribution is 2.34. The van der Waals surface area contributed by atoms with Gasteiger partial charge in [0.1, 0.15) is 0 Å². The fraction of sp³-hybridized carbons (Fsp3) is 0.273. The Morgan fingerprint density at radius 2 is 2.35 bits per heavy atom. The van der Waals surface area contributed by atoms with Gasteiger partial charge in [0.25, 0.3) is 5.91 Å². The minimum Gasteiger partial charge on any atom is -0.396 e. The number of thiophene rings is 1. The van der Waals surface area contributed by atoms with E-state index >= 15 is 0 Å². The van der Waals surface area contributed by atoms with Gasteiger partial charge >= 0.3 is 0 Å². The number of hydrogen-bond donors (Lipinski definition) is 2. The molecule has 0 fully saturated rings. The van der Waals surface area contributed by atoms with Crippen LogP contribution in [0.4, 0.5) is 0 Å². The second kappa shape index (κ2) is 4.60. The molecule has 0 unspecified atom stereocenters. The number of aryl methyl sites for hydroxylation is 1. The summed E-state index contributed by atoms with van der Waals surface area (Å²) in [6, 6.07) is 1.71. The van der Waals surface area contributed by atoms with Crippen LogP contribution in [0.3, 0.4) is 0 Å². The molecule has 2 aromatic rings. The molecule has 17 heavy (non-hydrogen) atoms. The molecular formula is C11H11ClN2O2S. The first kappa shape index (κ1) is 12.3. The van der Waals surface area contributed by atoms with Crippen LogP contribution in [0.1, 0.15) is 20.9 Å². The molecule has 1 amide bonds. The fourth-order valence-corrected chi connectivity index (χ4v) is 3.00. The van der Waals surface area contributed by atoms with Crippen LogP contribution in [-0.2, 0) is 6.42 Å². The van der Waals surface area contributed by atoms with Crippen LogP contribution in [0.15, 0.2) is 6.07 Å². The van der Waals surface area contributed by atoms with Gasteiger partial charge in [0.2, 0.25) is 0 Å². The highest BCUT2D eigenvalue weighted by Gasteiger charge is 2.16. The Bertz CT molecular complexity index is 595. The van der Waals surface area contributed by atoms with E-state index in [0.29, 0.717) is 27.5 Å². The Morgan fingerprint density at radius 3 is 2.94 bits per heavy atom. The first-order valence-electron chi connectivity index (χ1n) is 5.03.